The molecule has 3 heterocycles. The van der Waals surface area contributed by atoms with Gasteiger partial charge in [0, 0.05) is 38.1 Å². The molecular weight excluding hydrogens is 369 g/mol. The number of rotatable bonds is 7. The molecule has 0 spiro atoms. The first-order chi connectivity index (χ1) is 14.0. The second-order valence-corrected chi connectivity index (χ2v) is 7.35. The van der Waals surface area contributed by atoms with E-state index in [1.165, 1.54) is 17.7 Å². The van der Waals surface area contributed by atoms with Crippen LogP contribution in [0, 0.1) is 12.7 Å². The molecule has 6 nitrogen and oxygen atoms in total. The molecule has 0 N–H and O–H groups in total. The van der Waals surface area contributed by atoms with Crippen LogP contribution in [-0.2, 0) is 20.0 Å². The summed E-state index contributed by atoms with van der Waals surface area (Å²) in [7, 11) is 4.00. The summed E-state index contributed by atoms with van der Waals surface area (Å²) in [5, 5.41) is 8.92. The maximum atomic E-state index is 13.7. The van der Waals surface area contributed by atoms with Gasteiger partial charge in [0.2, 0.25) is 0 Å². The lowest BCUT2D eigenvalue weighted by Gasteiger charge is -2.15. The molecule has 0 aliphatic heterocycles. The van der Waals surface area contributed by atoms with Crippen molar-refractivity contribution in [2.45, 2.75) is 19.9 Å². The van der Waals surface area contributed by atoms with Crippen LogP contribution in [0.1, 0.15) is 16.9 Å². The van der Waals surface area contributed by atoms with Gasteiger partial charge in [0.15, 0.2) is 5.76 Å². The molecule has 29 heavy (non-hydrogen) atoms. The Morgan fingerprint density at radius 2 is 2.03 bits per heavy atom. The molecule has 0 fully saturated rings. The Hall–Kier alpha value is -3.19. The highest BCUT2D eigenvalue weighted by molar-refractivity contribution is 5.57. The minimum absolute atomic E-state index is 0.288. The Bertz CT molecular complexity index is 1110. The third kappa shape index (κ3) is 4.46. The summed E-state index contributed by atoms with van der Waals surface area (Å²) in [5.41, 5.74) is 3.68. The number of hydrogen-bond donors (Lipinski definition) is 0. The molecular formula is C22H24FN5O. The topological polar surface area (TPSA) is 52.0 Å². The summed E-state index contributed by atoms with van der Waals surface area (Å²) >= 11 is 0. The number of nitrogens with zero attached hydrogens (tertiary/aromatic N) is 5. The van der Waals surface area contributed by atoms with Crippen molar-refractivity contribution in [2.75, 3.05) is 13.6 Å². The average Bonchev–Trinajstić information content (AvgIpc) is 3.40. The fourth-order valence-corrected chi connectivity index (χ4v) is 3.34. The van der Waals surface area contributed by atoms with Crippen LogP contribution in [0.3, 0.4) is 0 Å². The van der Waals surface area contributed by atoms with Gasteiger partial charge in [-0.2, -0.15) is 10.2 Å². The molecule has 0 radical (unpaired) electrons. The Balaban J connectivity index is 1.58. The summed E-state index contributed by atoms with van der Waals surface area (Å²) < 4.78 is 23.0. The Morgan fingerprint density at radius 3 is 2.72 bits per heavy atom. The molecule has 0 aliphatic carbocycles. The third-order valence-electron chi connectivity index (χ3n) is 4.82. The predicted octanol–water partition coefficient (Wildman–Crippen LogP) is 3.99. The zero-order valence-corrected chi connectivity index (χ0v) is 16.8. The average molecular weight is 393 g/mol. The van der Waals surface area contributed by atoms with Crippen molar-refractivity contribution in [1.29, 1.82) is 0 Å². The molecule has 0 saturated heterocycles. The molecule has 4 aromatic rings. The van der Waals surface area contributed by atoms with Gasteiger partial charge >= 0.3 is 0 Å². The number of aryl methyl sites for hydroxylation is 2. The van der Waals surface area contributed by atoms with Crippen molar-refractivity contribution in [2.24, 2.45) is 7.05 Å². The first-order valence-electron chi connectivity index (χ1n) is 9.55. The standard InChI is InChI=1S/C22H24FN5O/c1-16-7-8-21(29-16)22-18(14-26(2)10-9-17-12-24-27(3)13-17)15-28(25-22)20-6-4-5-19(23)11-20/h4-8,11-13,15H,9-10,14H2,1-3H3. The van der Waals surface area contributed by atoms with Gasteiger partial charge in [0.25, 0.3) is 0 Å². The highest BCUT2D eigenvalue weighted by Gasteiger charge is 2.17. The predicted molar refractivity (Wildman–Crippen MR) is 109 cm³/mol. The Labute approximate surface area is 169 Å². The van der Waals surface area contributed by atoms with Crippen molar-refractivity contribution in [1.82, 2.24) is 24.5 Å². The van der Waals surface area contributed by atoms with E-state index in [-0.39, 0.29) is 5.82 Å². The number of furan rings is 1. The van der Waals surface area contributed by atoms with Crippen LogP contribution in [-0.4, -0.2) is 38.1 Å². The number of likely N-dealkylation sites (N-methyl/N-ethyl adjacent to an activating group) is 1. The maximum absolute atomic E-state index is 13.7. The monoisotopic (exact) mass is 393 g/mol. The minimum Gasteiger partial charge on any atom is -0.460 e. The SMILES string of the molecule is Cc1ccc(-c2nn(-c3cccc(F)c3)cc2CN(C)CCc2cnn(C)c2)o1. The van der Waals surface area contributed by atoms with Crippen molar-refractivity contribution in [3.63, 3.8) is 0 Å². The normalized spacial score (nSPS) is 11.5. The molecule has 0 atom stereocenters. The second-order valence-electron chi connectivity index (χ2n) is 7.35. The van der Waals surface area contributed by atoms with Crippen LogP contribution in [0.25, 0.3) is 17.1 Å². The van der Waals surface area contributed by atoms with Crippen LogP contribution in [0.2, 0.25) is 0 Å². The molecule has 0 amide bonds. The Kier molecular flexibility index (Phi) is 5.31. The largest absolute Gasteiger partial charge is 0.460 e. The first-order valence-corrected chi connectivity index (χ1v) is 9.55. The molecule has 7 heteroatoms. The lowest BCUT2D eigenvalue weighted by Crippen LogP contribution is -2.20. The van der Waals surface area contributed by atoms with Crippen molar-refractivity contribution in [3.8, 4) is 17.1 Å². The first kappa shape index (κ1) is 19.1. The molecule has 0 unspecified atom stereocenters. The van der Waals surface area contributed by atoms with Crippen LogP contribution in [0.15, 0.2) is 59.4 Å². The fourth-order valence-electron chi connectivity index (χ4n) is 3.34. The van der Waals surface area contributed by atoms with E-state index in [4.69, 9.17) is 9.52 Å². The van der Waals surface area contributed by atoms with E-state index in [0.29, 0.717) is 18.0 Å². The van der Waals surface area contributed by atoms with Gasteiger partial charge < -0.3 is 9.32 Å². The lowest BCUT2D eigenvalue weighted by atomic mass is 10.2. The number of aromatic nitrogens is 4. The maximum Gasteiger partial charge on any atom is 0.154 e. The van der Waals surface area contributed by atoms with E-state index in [0.717, 1.165) is 30.0 Å². The number of halogens is 1. The molecule has 0 bridgehead atoms. The van der Waals surface area contributed by atoms with Crippen LogP contribution < -0.4 is 0 Å². The van der Waals surface area contributed by atoms with Crippen molar-refractivity contribution in [3.05, 3.63) is 77.7 Å². The van der Waals surface area contributed by atoms with Crippen LogP contribution >= 0.6 is 0 Å². The van der Waals surface area contributed by atoms with Gasteiger partial charge in [0.05, 0.1) is 11.9 Å². The Morgan fingerprint density at radius 1 is 1.17 bits per heavy atom. The van der Waals surface area contributed by atoms with Gasteiger partial charge in [0.1, 0.15) is 17.3 Å². The quantitative estimate of drug-likeness (QED) is 0.476. The zero-order chi connectivity index (χ0) is 20.4. The minimum atomic E-state index is -0.288. The van der Waals surface area contributed by atoms with E-state index in [1.807, 2.05) is 55.4 Å². The summed E-state index contributed by atoms with van der Waals surface area (Å²) in [6, 6.07) is 10.3. The molecule has 0 saturated carbocycles. The van der Waals surface area contributed by atoms with Crippen LogP contribution in [0.5, 0.6) is 0 Å². The van der Waals surface area contributed by atoms with Gasteiger partial charge in [-0.1, -0.05) is 6.07 Å². The van der Waals surface area contributed by atoms with Crippen molar-refractivity contribution >= 4 is 0 Å². The second kappa shape index (κ2) is 8.05. The smallest absolute Gasteiger partial charge is 0.154 e. The van der Waals surface area contributed by atoms with Crippen LogP contribution in [0.4, 0.5) is 4.39 Å². The number of benzene rings is 1. The molecule has 1 aromatic carbocycles. The lowest BCUT2D eigenvalue weighted by molar-refractivity contribution is 0.331. The van der Waals surface area contributed by atoms with Gasteiger partial charge in [-0.05, 0) is 56.3 Å². The fraction of sp³-hybridized carbons (Fsp3) is 0.273. The molecule has 150 valence electrons. The van der Waals surface area contributed by atoms with Gasteiger partial charge in [-0.3, -0.25) is 4.68 Å². The summed E-state index contributed by atoms with van der Waals surface area (Å²) in [5.74, 6) is 1.26. The van der Waals surface area contributed by atoms with E-state index in [1.54, 1.807) is 10.7 Å². The summed E-state index contributed by atoms with van der Waals surface area (Å²) in [6.07, 6.45) is 6.79. The highest BCUT2D eigenvalue weighted by Crippen LogP contribution is 2.26. The molecule has 4 rings (SSSR count). The number of hydrogen-bond acceptors (Lipinski definition) is 4. The van der Waals surface area contributed by atoms with E-state index in [2.05, 4.69) is 17.0 Å². The van der Waals surface area contributed by atoms with Gasteiger partial charge in [-0.15, -0.1) is 0 Å². The van der Waals surface area contributed by atoms with Crippen molar-refractivity contribution < 1.29 is 8.81 Å². The third-order valence-corrected chi connectivity index (χ3v) is 4.82. The van der Waals surface area contributed by atoms with E-state index >= 15 is 0 Å². The molecule has 0 aliphatic rings. The van der Waals surface area contributed by atoms with E-state index < -0.39 is 0 Å². The zero-order valence-electron chi connectivity index (χ0n) is 16.8. The summed E-state index contributed by atoms with van der Waals surface area (Å²) in [6.45, 7) is 3.49. The summed E-state index contributed by atoms with van der Waals surface area (Å²) in [4.78, 5) is 2.24. The van der Waals surface area contributed by atoms with Gasteiger partial charge in [-0.25, -0.2) is 9.07 Å². The van der Waals surface area contributed by atoms with E-state index in [9.17, 15) is 4.39 Å². The molecule has 3 aromatic heterocycles. The highest BCUT2D eigenvalue weighted by atomic mass is 19.1.